The molecule has 0 amide bonds. The van der Waals surface area contributed by atoms with Crippen LogP contribution in [0.25, 0.3) is 0 Å². The van der Waals surface area contributed by atoms with Gasteiger partial charge in [0.2, 0.25) is 0 Å². The number of hydrogen-bond donors (Lipinski definition) is 4. The number of alkyl halides is 1. The molecule has 6 aliphatic rings. The van der Waals surface area contributed by atoms with Crippen LogP contribution in [0.1, 0.15) is 154 Å². The highest BCUT2D eigenvalue weighted by molar-refractivity contribution is 6.01. The second kappa shape index (κ2) is 23.4. The number of fused-ring (bicyclic) bond motifs is 5. The van der Waals surface area contributed by atoms with Crippen LogP contribution in [0.3, 0.4) is 0 Å². The van der Waals surface area contributed by atoms with E-state index in [9.17, 15) is 44.4 Å². The molecular formula is C58H93FN2O15. The molecule has 5 fully saturated rings. The monoisotopic (exact) mass is 1080 g/mol. The van der Waals surface area contributed by atoms with Gasteiger partial charge in [-0.2, -0.15) is 0 Å². The average Bonchev–Trinajstić information content (AvgIpc) is 3.54. The van der Waals surface area contributed by atoms with Crippen LogP contribution in [0.4, 0.5) is 4.39 Å². The molecule has 0 aromatic heterocycles. The van der Waals surface area contributed by atoms with Crippen LogP contribution in [0.5, 0.6) is 0 Å². The maximum absolute atomic E-state index is 17.7. The summed E-state index contributed by atoms with van der Waals surface area (Å²) in [5.74, 6) is -6.68. The Morgan fingerprint density at radius 1 is 0.947 bits per heavy atom. The minimum Gasteiger partial charge on any atom is -0.464 e. The minimum atomic E-state index is -2.13. The molecule has 18 heteroatoms. The summed E-state index contributed by atoms with van der Waals surface area (Å²) in [5.41, 5.74) is -8.55. The Bertz CT molecular complexity index is 2190. The van der Waals surface area contributed by atoms with Crippen molar-refractivity contribution in [3.8, 4) is 0 Å². The molecule has 6 rings (SSSR count). The van der Waals surface area contributed by atoms with Crippen molar-refractivity contribution in [1.82, 2.24) is 9.80 Å². The number of aliphatic hydroxyl groups is 4. The Morgan fingerprint density at radius 3 is 2.25 bits per heavy atom. The highest BCUT2D eigenvalue weighted by atomic mass is 19.1. The minimum absolute atomic E-state index is 0.148. The van der Waals surface area contributed by atoms with Crippen molar-refractivity contribution in [3.05, 3.63) is 23.8 Å². The lowest BCUT2D eigenvalue weighted by Gasteiger charge is -2.62. The van der Waals surface area contributed by atoms with Gasteiger partial charge in [0.25, 0.3) is 0 Å². The molecule has 3 unspecified atom stereocenters. The van der Waals surface area contributed by atoms with E-state index in [1.807, 2.05) is 65.6 Å². The van der Waals surface area contributed by atoms with Crippen LogP contribution >= 0.6 is 0 Å². The molecular weight excluding hydrogens is 984 g/mol. The Labute approximate surface area is 450 Å². The zero-order chi connectivity index (χ0) is 56.8. The second-order valence-electron chi connectivity index (χ2n) is 25.4. The summed E-state index contributed by atoms with van der Waals surface area (Å²) in [4.78, 5) is 71.6. The highest BCUT2D eigenvalue weighted by Crippen LogP contribution is 2.70. The summed E-state index contributed by atoms with van der Waals surface area (Å²) >= 11 is 0. The number of ether oxygens (including phenoxy) is 6. The molecule has 0 bridgehead atoms. The number of allylic oxidation sites excluding steroid dienone is 4. The third-order valence-corrected chi connectivity index (χ3v) is 19.6. The number of rotatable bonds is 12. The van der Waals surface area contributed by atoms with Gasteiger partial charge in [0.1, 0.15) is 23.9 Å². The standard InChI is InChI=1S/C58H93FN2O15/c1-16-44-56(12,69)48(66)36(6)61(15)26-19-24-53(8,9)49(76-51-47(73-37(7)62)42(60(13)14)29-33(3)72-51)34(4)46(35(5)50(67)74-44)75-45(65)20-17-18-27-71-52(68)58(70)32(2)28-41-40-22-21-38-30-39(63)23-25-54(38,10)57(40,59)43(64)31-55(41,58)11/h23,25,30,32-36,40-44,46-49,51,64,66,69-70H,16-22,24,26-29,31H2,1-15H3/t32-,33+,34-,35+,36+,40?,41?,42+,43+,44+,46+,47?,48+,49+,51-,54+,55+,56-,57+,58+/m1/s1. The number of hydrogen-bond acceptors (Lipinski definition) is 17. The molecule has 0 radical (unpaired) electrons. The predicted octanol–water partition coefficient (Wildman–Crippen LogP) is 6.19. The van der Waals surface area contributed by atoms with Gasteiger partial charge in [0.15, 0.2) is 29.4 Å². The van der Waals surface area contributed by atoms with E-state index in [-0.39, 0.29) is 56.6 Å². The van der Waals surface area contributed by atoms with Crippen LogP contribution in [0.15, 0.2) is 23.8 Å². The first-order valence-electron chi connectivity index (χ1n) is 28.1. The number of nitrogens with zero attached hydrogens (tertiary/aromatic N) is 2. The topological polar surface area (TPSA) is 228 Å². The van der Waals surface area contributed by atoms with Crippen LogP contribution in [0, 0.1) is 45.8 Å². The van der Waals surface area contributed by atoms with Crippen LogP contribution < -0.4 is 0 Å². The first-order chi connectivity index (χ1) is 35.2. The second-order valence-corrected chi connectivity index (χ2v) is 25.4. The van der Waals surface area contributed by atoms with Gasteiger partial charge in [-0.05, 0) is 156 Å². The number of ketones is 1. The third-order valence-electron chi connectivity index (χ3n) is 19.6. The number of carbonyl (C=O) groups is 5. The Balaban J connectivity index is 1.21. The molecule has 2 heterocycles. The normalized spacial score (nSPS) is 44.3. The van der Waals surface area contributed by atoms with Crippen molar-refractivity contribution in [1.29, 1.82) is 0 Å². The van der Waals surface area contributed by atoms with Gasteiger partial charge >= 0.3 is 23.9 Å². The summed E-state index contributed by atoms with van der Waals surface area (Å²) in [7, 11) is 5.65. The number of halogens is 1. The Kier molecular flexibility index (Phi) is 19.0. The van der Waals surface area contributed by atoms with Crippen LogP contribution in [-0.2, 0) is 52.4 Å². The van der Waals surface area contributed by atoms with Crippen LogP contribution in [0.2, 0.25) is 0 Å². The molecule has 0 aromatic carbocycles. The molecule has 76 heavy (non-hydrogen) atoms. The van der Waals surface area contributed by atoms with E-state index in [1.165, 1.54) is 26.0 Å². The fraction of sp³-hybridized carbons (Fsp3) is 0.845. The summed E-state index contributed by atoms with van der Waals surface area (Å²) in [6.45, 7) is 21.3. The number of carbonyl (C=O) groups excluding carboxylic acids is 5. The lowest BCUT2D eigenvalue weighted by atomic mass is 9.45. The number of esters is 4. The van der Waals surface area contributed by atoms with Crippen molar-refractivity contribution in [2.24, 2.45) is 45.8 Å². The van der Waals surface area contributed by atoms with Gasteiger partial charge in [-0.3, -0.25) is 19.2 Å². The largest absolute Gasteiger partial charge is 0.464 e. The Hall–Kier alpha value is -3.36. The fourth-order valence-corrected chi connectivity index (χ4v) is 14.8. The lowest BCUT2D eigenvalue weighted by Crippen LogP contribution is -2.69. The molecule has 4 aliphatic carbocycles. The van der Waals surface area contributed by atoms with Crippen molar-refractivity contribution in [3.63, 3.8) is 0 Å². The van der Waals surface area contributed by atoms with E-state index in [4.69, 9.17) is 28.4 Å². The summed E-state index contributed by atoms with van der Waals surface area (Å²) in [6.07, 6.45) is -0.645. The van der Waals surface area contributed by atoms with E-state index >= 15 is 4.39 Å². The maximum atomic E-state index is 17.7. The van der Waals surface area contributed by atoms with E-state index in [0.29, 0.717) is 50.6 Å². The quantitative estimate of drug-likeness (QED) is 0.0971. The third kappa shape index (κ3) is 11.4. The van der Waals surface area contributed by atoms with Gasteiger partial charge in [-0.15, -0.1) is 0 Å². The first-order valence-corrected chi connectivity index (χ1v) is 28.1. The highest BCUT2D eigenvalue weighted by Gasteiger charge is 2.76. The molecule has 2 saturated heterocycles. The summed E-state index contributed by atoms with van der Waals surface area (Å²) < 4.78 is 55.4. The van der Waals surface area contributed by atoms with Crippen LogP contribution in [-0.4, -0.2) is 172 Å². The molecule has 432 valence electrons. The molecule has 2 aliphatic heterocycles. The summed E-state index contributed by atoms with van der Waals surface area (Å²) in [5, 5.41) is 47.7. The van der Waals surface area contributed by atoms with Crippen molar-refractivity contribution >= 4 is 29.7 Å². The van der Waals surface area contributed by atoms with Crippen molar-refractivity contribution in [2.45, 2.75) is 232 Å². The number of likely N-dealkylation sites (N-methyl/N-ethyl adjacent to an activating group) is 2. The van der Waals surface area contributed by atoms with E-state index in [1.54, 1.807) is 40.7 Å². The molecule has 20 atom stereocenters. The molecule has 4 N–H and O–H groups in total. The maximum Gasteiger partial charge on any atom is 0.338 e. The molecule has 17 nitrogen and oxygen atoms in total. The predicted molar refractivity (Wildman–Crippen MR) is 280 cm³/mol. The molecule has 0 aromatic rings. The molecule has 3 saturated carbocycles. The summed E-state index contributed by atoms with van der Waals surface area (Å²) in [6, 6.07) is -0.800. The SMILES string of the molecule is CC[C@@H]1OC(=O)[C@@H](C)[C@@H](OC(=O)CCCCOC(=O)[C@@]2(O)[C@H](C)CC3C4CCC5=CC(=O)C=C[C@]5(C)[C@@]4(F)[C@@H](O)C[C@@]32C)[C@@H](C)[C@H](O[C@H]2O[C@@H](C)C[C@H](N(C)C)C2OC(C)=O)C(C)(C)CCCN(C)[C@@H](C)[C@H](O)[C@]1(C)O. The number of aliphatic hydroxyl groups excluding tert-OH is 2. The lowest BCUT2D eigenvalue weighted by molar-refractivity contribution is -0.293. The van der Waals surface area contributed by atoms with Gasteiger partial charge < -0.3 is 58.6 Å². The van der Waals surface area contributed by atoms with E-state index in [2.05, 4.69) is 0 Å². The van der Waals surface area contributed by atoms with E-state index < -0.39 is 136 Å². The van der Waals surface area contributed by atoms with Gasteiger partial charge in [0.05, 0.1) is 36.9 Å². The average molecular weight is 1080 g/mol. The zero-order valence-corrected chi connectivity index (χ0v) is 48.1. The smallest absolute Gasteiger partial charge is 0.338 e. The van der Waals surface area contributed by atoms with E-state index in [0.717, 1.165) is 0 Å². The molecule has 0 spiro atoms. The zero-order valence-electron chi connectivity index (χ0n) is 48.1. The van der Waals surface area contributed by atoms with Gasteiger partial charge in [0, 0.05) is 42.1 Å². The van der Waals surface area contributed by atoms with Gasteiger partial charge in [-0.25, -0.2) is 9.18 Å². The Morgan fingerprint density at radius 2 is 1.62 bits per heavy atom. The van der Waals surface area contributed by atoms with Crippen molar-refractivity contribution in [2.75, 3.05) is 34.3 Å². The van der Waals surface area contributed by atoms with Crippen molar-refractivity contribution < 1.29 is 77.2 Å². The number of unbranched alkanes of at least 4 members (excludes halogenated alkanes) is 1. The van der Waals surface area contributed by atoms with Gasteiger partial charge in [-0.1, -0.05) is 53.2 Å². The first kappa shape index (κ1) is 61.8. The number of cyclic esters (lactones) is 1. The fourth-order valence-electron chi connectivity index (χ4n) is 14.8.